The summed E-state index contributed by atoms with van der Waals surface area (Å²) in [4.78, 5) is 29.7. The van der Waals surface area contributed by atoms with Gasteiger partial charge in [-0.3, -0.25) is 0 Å². The number of hydrogen-bond donors (Lipinski definition) is 2. The number of nitrogens with one attached hydrogen (secondary N) is 2. The number of ether oxygens (including phenoxy) is 1. The van der Waals surface area contributed by atoms with Crippen molar-refractivity contribution < 1.29 is 9.53 Å². The normalized spacial score (nSPS) is 12.6. The summed E-state index contributed by atoms with van der Waals surface area (Å²) in [6.07, 6.45) is 7.11. The third-order valence-corrected chi connectivity index (χ3v) is 7.30. The second-order valence-electron chi connectivity index (χ2n) is 11.7. The van der Waals surface area contributed by atoms with Crippen LogP contribution in [0.3, 0.4) is 0 Å². The monoisotopic (exact) mass is 590 g/mol. The van der Waals surface area contributed by atoms with E-state index >= 15 is 0 Å². The van der Waals surface area contributed by atoms with E-state index in [1.54, 1.807) is 20.8 Å². The molecule has 2 aliphatic heterocycles. The molecule has 45 heavy (non-hydrogen) atoms. The SMILES string of the molecule is CC(C)(C)OC(=O)N=Nc1c2nc(c(-c3ccccc3)c3ccc(cc4nc(c(-c5ccccc5)c5ccc1[nH]5)C=C4)[nH]3)C=C2. The van der Waals surface area contributed by atoms with Crippen molar-refractivity contribution in [3.63, 3.8) is 0 Å². The standard InChI is InChI=1S/C37H30N6O2/c1-37(2,3)45-36(44)43-42-35-31-20-18-29(40-31)33(23-10-6-4-7-11-23)27-16-14-25(38-27)22-26-15-17-28(39-26)34(24-12-8-5-9-13-24)30-19-21-32(35)41-30/h4-22,38,41H,1-3H3. The van der Waals surface area contributed by atoms with Crippen LogP contribution in [0, 0.1) is 0 Å². The van der Waals surface area contributed by atoms with E-state index < -0.39 is 11.7 Å². The Balaban J connectivity index is 1.57. The summed E-state index contributed by atoms with van der Waals surface area (Å²) < 4.78 is 5.41. The molecule has 0 fully saturated rings. The van der Waals surface area contributed by atoms with Crippen molar-refractivity contribution in [2.75, 3.05) is 0 Å². The smallest absolute Gasteiger partial charge is 0.441 e. The largest absolute Gasteiger partial charge is 0.452 e. The predicted molar refractivity (Wildman–Crippen MR) is 180 cm³/mol. The minimum Gasteiger partial charge on any atom is -0.441 e. The molecule has 2 aromatic carbocycles. The number of carbonyl (C=O) groups excluding carboxylic acids is 1. The van der Waals surface area contributed by atoms with Gasteiger partial charge in [-0.1, -0.05) is 65.8 Å². The maximum absolute atomic E-state index is 12.6. The van der Waals surface area contributed by atoms with E-state index in [1.807, 2.05) is 85.0 Å². The van der Waals surface area contributed by atoms with Crippen LogP contribution in [-0.2, 0) is 4.74 Å². The fraction of sp³-hybridized carbons (Fsp3) is 0.108. The Morgan fingerprint density at radius 2 is 1.24 bits per heavy atom. The summed E-state index contributed by atoms with van der Waals surface area (Å²) in [5.41, 5.74) is 9.84. The van der Waals surface area contributed by atoms with Gasteiger partial charge in [0.15, 0.2) is 0 Å². The number of nitrogens with zero attached hydrogens (tertiary/aromatic N) is 4. The van der Waals surface area contributed by atoms with E-state index in [0.29, 0.717) is 16.9 Å². The molecule has 8 nitrogen and oxygen atoms in total. The van der Waals surface area contributed by atoms with E-state index in [1.165, 1.54) is 0 Å². The first kappa shape index (κ1) is 27.9. The zero-order valence-corrected chi connectivity index (χ0v) is 25.1. The number of rotatable bonds is 3. The average molecular weight is 591 g/mol. The Morgan fingerprint density at radius 1 is 0.667 bits per heavy atom. The van der Waals surface area contributed by atoms with Crippen molar-refractivity contribution in [3.05, 3.63) is 114 Å². The average Bonchev–Trinajstić information content (AvgIpc) is 3.84. The fourth-order valence-electron chi connectivity index (χ4n) is 5.42. The van der Waals surface area contributed by atoms with E-state index in [4.69, 9.17) is 14.7 Å². The van der Waals surface area contributed by atoms with Gasteiger partial charge in [0.25, 0.3) is 0 Å². The summed E-state index contributed by atoms with van der Waals surface area (Å²) >= 11 is 0. The maximum atomic E-state index is 12.6. The molecular weight excluding hydrogens is 560 g/mol. The quantitative estimate of drug-likeness (QED) is 0.200. The molecule has 0 atom stereocenters. The Hall–Kier alpha value is -5.89. The Labute approximate surface area is 259 Å². The molecule has 5 heterocycles. The van der Waals surface area contributed by atoms with Crippen LogP contribution < -0.4 is 0 Å². The number of azo groups is 1. The molecular formula is C37H30N6O2. The van der Waals surface area contributed by atoms with Crippen molar-refractivity contribution in [2.24, 2.45) is 10.2 Å². The number of aromatic nitrogens is 4. The number of hydrogen-bond acceptors (Lipinski definition) is 5. The Bertz CT molecular complexity index is 2150. The van der Waals surface area contributed by atoms with Gasteiger partial charge in [0.1, 0.15) is 11.3 Å². The van der Waals surface area contributed by atoms with Crippen LogP contribution in [0.25, 0.3) is 68.6 Å². The van der Waals surface area contributed by atoms with Crippen LogP contribution in [0.1, 0.15) is 43.5 Å². The first-order chi connectivity index (χ1) is 21.8. The van der Waals surface area contributed by atoms with E-state index in [9.17, 15) is 4.79 Å². The molecule has 0 radical (unpaired) electrons. The van der Waals surface area contributed by atoms with Crippen molar-refractivity contribution in [2.45, 2.75) is 26.4 Å². The molecule has 3 aromatic heterocycles. The van der Waals surface area contributed by atoms with Crippen LogP contribution in [0.4, 0.5) is 10.5 Å². The molecule has 1 amide bonds. The third-order valence-electron chi connectivity index (χ3n) is 7.30. The molecule has 5 aromatic rings. The summed E-state index contributed by atoms with van der Waals surface area (Å²) in [5, 5.41) is 8.35. The topological polar surface area (TPSA) is 108 Å². The predicted octanol–water partition coefficient (Wildman–Crippen LogP) is 10.0. The molecule has 2 aliphatic rings. The molecule has 0 saturated carbocycles. The van der Waals surface area contributed by atoms with Gasteiger partial charge in [-0.05, 0) is 86.5 Å². The molecule has 0 spiro atoms. The van der Waals surface area contributed by atoms with Crippen LogP contribution in [0.2, 0.25) is 0 Å². The van der Waals surface area contributed by atoms with Crippen LogP contribution in [-0.4, -0.2) is 31.6 Å². The summed E-state index contributed by atoms with van der Waals surface area (Å²) in [5.74, 6) is 0. The molecule has 220 valence electrons. The molecule has 8 heteroatoms. The van der Waals surface area contributed by atoms with Crippen molar-refractivity contribution in [3.8, 4) is 22.3 Å². The van der Waals surface area contributed by atoms with E-state index in [-0.39, 0.29) is 0 Å². The summed E-state index contributed by atoms with van der Waals surface area (Å²) in [6.45, 7) is 5.37. The third kappa shape index (κ3) is 5.86. The second-order valence-corrected chi connectivity index (χ2v) is 11.7. The number of aromatic amines is 2. The van der Waals surface area contributed by atoms with Crippen molar-refractivity contribution in [1.82, 2.24) is 19.9 Å². The second kappa shape index (κ2) is 11.3. The molecule has 0 unspecified atom stereocenters. The Morgan fingerprint density at radius 3 is 1.93 bits per heavy atom. The lowest BCUT2D eigenvalue weighted by molar-refractivity contribution is 0.0592. The van der Waals surface area contributed by atoms with Crippen LogP contribution >= 0.6 is 0 Å². The Kier molecular flexibility index (Phi) is 7.02. The molecule has 0 aliphatic carbocycles. The van der Waals surface area contributed by atoms with Gasteiger partial charge in [0.2, 0.25) is 0 Å². The van der Waals surface area contributed by atoms with Gasteiger partial charge < -0.3 is 14.7 Å². The lowest BCUT2D eigenvalue weighted by atomic mass is 10.0. The number of H-pyrrole nitrogens is 2. The molecule has 8 bridgehead atoms. The minimum absolute atomic E-state index is 0.405. The van der Waals surface area contributed by atoms with Gasteiger partial charge in [-0.2, -0.15) is 0 Å². The van der Waals surface area contributed by atoms with E-state index in [0.717, 1.165) is 55.9 Å². The van der Waals surface area contributed by atoms with E-state index in [2.05, 4.69) is 50.5 Å². The zero-order chi connectivity index (χ0) is 31.0. The molecule has 2 N–H and O–H groups in total. The number of benzene rings is 2. The van der Waals surface area contributed by atoms with Gasteiger partial charge in [-0.25, -0.2) is 14.8 Å². The minimum atomic E-state index is -0.780. The van der Waals surface area contributed by atoms with Crippen LogP contribution in [0.15, 0.2) is 101 Å². The summed E-state index contributed by atoms with van der Waals surface area (Å²) in [7, 11) is 0. The lowest BCUT2D eigenvalue weighted by Gasteiger charge is -2.16. The van der Waals surface area contributed by atoms with Crippen molar-refractivity contribution >= 4 is 58.2 Å². The summed E-state index contributed by atoms with van der Waals surface area (Å²) in [6, 6.07) is 30.3. The number of amides is 1. The first-order valence-electron chi connectivity index (χ1n) is 14.7. The highest BCUT2D eigenvalue weighted by Crippen LogP contribution is 2.35. The van der Waals surface area contributed by atoms with Gasteiger partial charge in [0.05, 0.1) is 28.3 Å². The highest BCUT2D eigenvalue weighted by atomic mass is 16.6. The van der Waals surface area contributed by atoms with Crippen LogP contribution in [0.5, 0.6) is 0 Å². The molecule has 0 saturated heterocycles. The number of carbonyl (C=O) groups is 1. The van der Waals surface area contributed by atoms with Gasteiger partial charge in [-0.15, -0.1) is 5.11 Å². The number of fused-ring (bicyclic) bond motifs is 8. The highest BCUT2D eigenvalue weighted by molar-refractivity contribution is 5.95. The fourth-order valence-corrected chi connectivity index (χ4v) is 5.42. The zero-order valence-electron chi connectivity index (χ0n) is 25.1. The van der Waals surface area contributed by atoms with Gasteiger partial charge >= 0.3 is 6.09 Å². The van der Waals surface area contributed by atoms with Gasteiger partial charge in [0, 0.05) is 27.7 Å². The lowest BCUT2D eigenvalue weighted by Crippen LogP contribution is -2.21. The molecule has 7 rings (SSSR count). The first-order valence-corrected chi connectivity index (χ1v) is 14.7. The maximum Gasteiger partial charge on any atom is 0.452 e. The highest BCUT2D eigenvalue weighted by Gasteiger charge is 2.18. The van der Waals surface area contributed by atoms with Crippen molar-refractivity contribution in [1.29, 1.82) is 0 Å².